The van der Waals surface area contributed by atoms with Gasteiger partial charge in [0.15, 0.2) is 0 Å². The summed E-state index contributed by atoms with van der Waals surface area (Å²) in [5, 5.41) is 8.06. The summed E-state index contributed by atoms with van der Waals surface area (Å²) < 4.78 is 0. The molecule has 0 bridgehead atoms. The highest BCUT2D eigenvalue weighted by Gasteiger charge is 2.68. The zero-order chi connectivity index (χ0) is 35.9. The topological polar surface area (TPSA) is 48.8 Å². The highest BCUT2D eigenvalue weighted by molar-refractivity contribution is 8.20. The van der Waals surface area contributed by atoms with E-state index >= 15 is 0 Å². The summed E-state index contributed by atoms with van der Waals surface area (Å²) in [6, 6.07) is 10.1. The monoisotopic (exact) mass is 714 g/mol. The molecule has 5 heteroatoms. The summed E-state index contributed by atoms with van der Waals surface area (Å²) in [6.07, 6.45) is 37.9. The highest BCUT2D eigenvalue weighted by Crippen LogP contribution is 2.67. The van der Waals surface area contributed by atoms with E-state index in [4.69, 9.17) is 9.98 Å². The molecule has 1 saturated heterocycles. The van der Waals surface area contributed by atoms with Gasteiger partial charge in [-0.15, -0.1) is 13.2 Å². The molecule has 1 spiro atoms. The van der Waals surface area contributed by atoms with Gasteiger partial charge in [-0.3, -0.25) is 9.98 Å². The second kappa shape index (κ2) is 17.2. The van der Waals surface area contributed by atoms with Gasteiger partial charge in [0.2, 0.25) is 0 Å². The first-order valence-electron chi connectivity index (χ1n) is 20.5. The van der Waals surface area contributed by atoms with Gasteiger partial charge in [-0.2, -0.15) is 0 Å². The van der Waals surface area contributed by atoms with E-state index < -0.39 is 0 Å². The Labute approximate surface area is 317 Å². The Bertz CT molecular complexity index is 1720. The summed E-state index contributed by atoms with van der Waals surface area (Å²) in [7, 11) is -0.221. The fraction of sp³-hybridized carbons (Fsp3) is 0.489. The van der Waals surface area contributed by atoms with Crippen LogP contribution in [0, 0.1) is 23.7 Å². The first kappa shape index (κ1) is 36.9. The summed E-state index contributed by atoms with van der Waals surface area (Å²) in [5.74, 6) is 4.50. The van der Waals surface area contributed by atoms with Crippen molar-refractivity contribution in [3.05, 3.63) is 125 Å². The smallest absolute Gasteiger partial charge is 0.114 e. The molecule has 52 heavy (non-hydrogen) atoms. The van der Waals surface area contributed by atoms with Crippen LogP contribution in [0.2, 0.25) is 0 Å². The lowest BCUT2D eigenvalue weighted by Gasteiger charge is -2.36. The van der Waals surface area contributed by atoms with Crippen LogP contribution in [-0.4, -0.2) is 42.1 Å². The van der Waals surface area contributed by atoms with Gasteiger partial charge in [0.25, 0.3) is 0 Å². The van der Waals surface area contributed by atoms with E-state index in [0.717, 1.165) is 57.9 Å². The molecule has 4 heterocycles. The molecule has 4 aliphatic heterocycles. The maximum Gasteiger partial charge on any atom is 0.114 e. The lowest BCUT2D eigenvalue weighted by atomic mass is 9.82. The Balaban J connectivity index is 1.12. The number of rotatable bonds is 16. The number of nitrogens with one attached hydrogen (secondary N) is 2. The van der Waals surface area contributed by atoms with Gasteiger partial charge in [-0.1, -0.05) is 93.5 Å². The van der Waals surface area contributed by atoms with Gasteiger partial charge in [0.05, 0.1) is 5.70 Å². The molecule has 4 nitrogen and oxygen atoms in total. The third kappa shape index (κ3) is 7.51. The zero-order valence-electron chi connectivity index (χ0n) is 31.8. The molecule has 2 aliphatic carbocycles. The van der Waals surface area contributed by atoms with Crippen molar-refractivity contribution < 1.29 is 0 Å². The number of fused-ring (bicyclic) bond motifs is 1. The molecule has 2 fully saturated rings. The van der Waals surface area contributed by atoms with Crippen molar-refractivity contribution in [1.29, 1.82) is 0 Å². The van der Waals surface area contributed by atoms with Crippen molar-refractivity contribution in [3.63, 3.8) is 0 Å². The van der Waals surface area contributed by atoms with Gasteiger partial charge in [0.1, 0.15) is 5.54 Å². The number of aliphatic imine (C=N–C) groups is 2. The quantitative estimate of drug-likeness (QED) is 0.0907. The third-order valence-corrected chi connectivity index (χ3v) is 15.1. The van der Waals surface area contributed by atoms with Crippen LogP contribution in [0.3, 0.4) is 0 Å². The second-order valence-electron chi connectivity index (χ2n) is 15.6. The predicted molar refractivity (Wildman–Crippen MR) is 228 cm³/mol. The molecule has 0 amide bonds. The minimum absolute atomic E-state index is 0.124. The first-order chi connectivity index (χ1) is 25.6. The molecule has 6 aliphatic rings. The third-order valence-electron chi connectivity index (χ3n) is 12.3. The molecule has 1 saturated carbocycles. The lowest BCUT2D eigenvalue weighted by Crippen LogP contribution is -2.35. The standard InChI is InChI=1S/C47H62N4S/c1-5-9-11-12-13-14-20-37-33-49-43(31-34(37)19-10-6-2)42-25-16-15-24-41(51-42)36-22-17-21-35(30-36)38-26-28-48-46-45(38)44(52(8-4)29-7-3)32-40-39-23-18-27-50-47(39,40)46/h5-6,12-13,17-18,21-23,26-27,30-34,37,39-42,48,51-52H,1-2,7-11,14-16,19-20,24-25,28-29H2,3-4H3/b13-12+/t34?,37?,39?,40?,41?,42-,47+/m1/s1. The summed E-state index contributed by atoms with van der Waals surface area (Å²) in [5.41, 5.74) is 8.16. The van der Waals surface area contributed by atoms with Crippen LogP contribution < -0.4 is 10.6 Å². The Morgan fingerprint density at radius 1 is 0.942 bits per heavy atom. The number of dihydropyridines is 2. The number of benzene rings is 1. The van der Waals surface area contributed by atoms with Crippen LogP contribution >= 0.6 is 10.9 Å². The van der Waals surface area contributed by atoms with Crippen molar-refractivity contribution in [1.82, 2.24) is 10.6 Å². The largest absolute Gasteiger partial charge is 0.382 e. The first-order valence-corrected chi connectivity index (χ1v) is 22.2. The predicted octanol–water partition coefficient (Wildman–Crippen LogP) is 10.9. The van der Waals surface area contributed by atoms with Gasteiger partial charge in [-0.25, -0.2) is 10.9 Å². The van der Waals surface area contributed by atoms with Crippen LogP contribution in [0.1, 0.15) is 102 Å². The lowest BCUT2D eigenvalue weighted by molar-refractivity contribution is 0.428. The molecule has 1 aromatic rings. The molecule has 2 N–H and O–H groups in total. The Kier molecular flexibility index (Phi) is 12.2. The van der Waals surface area contributed by atoms with Crippen molar-refractivity contribution in [2.75, 3.05) is 18.1 Å². The van der Waals surface area contributed by atoms with Crippen molar-refractivity contribution in [3.8, 4) is 0 Å². The normalized spacial score (nSPS) is 31.3. The Morgan fingerprint density at radius 2 is 1.77 bits per heavy atom. The van der Waals surface area contributed by atoms with E-state index in [1.807, 2.05) is 12.3 Å². The molecule has 276 valence electrons. The van der Waals surface area contributed by atoms with Crippen molar-refractivity contribution in [2.45, 2.75) is 102 Å². The molecule has 0 aromatic heterocycles. The van der Waals surface area contributed by atoms with Crippen LogP contribution in [-0.2, 0) is 0 Å². The number of unbranched alkanes of at least 4 members (excludes halogenated alkanes) is 1. The average Bonchev–Trinajstić information content (AvgIpc) is 3.92. The maximum atomic E-state index is 5.21. The number of thiol groups is 1. The molecule has 6 unspecified atom stereocenters. The number of hydrogen-bond acceptors (Lipinski definition) is 4. The minimum atomic E-state index is -0.221. The maximum absolute atomic E-state index is 5.21. The SMILES string of the molecule is C=CCC/C=C/CCC1C=NC([C@H]2CCCCC(c3cccc(C4=CCNC5=C4C([SH](CC)CCC)=CC4C6C=CC=N[C@@]564)c3)N2)=CC1CCC=C. The summed E-state index contributed by atoms with van der Waals surface area (Å²) >= 11 is 0. The molecular formula is C47H62N4S. The summed E-state index contributed by atoms with van der Waals surface area (Å²) in [4.78, 5) is 12.0. The second-order valence-corrected chi connectivity index (χ2v) is 18.2. The molecule has 8 atom stereocenters. The Morgan fingerprint density at radius 3 is 2.60 bits per heavy atom. The summed E-state index contributed by atoms with van der Waals surface area (Å²) in [6.45, 7) is 13.5. The highest BCUT2D eigenvalue weighted by atomic mass is 32.2. The minimum Gasteiger partial charge on any atom is -0.382 e. The fourth-order valence-corrected chi connectivity index (χ4v) is 11.9. The molecular weight excluding hydrogens is 653 g/mol. The number of hydrogen-bond donors (Lipinski definition) is 3. The van der Waals surface area contributed by atoms with Gasteiger partial charge in [0, 0.05) is 60.1 Å². The van der Waals surface area contributed by atoms with E-state index in [1.54, 1.807) is 4.91 Å². The van der Waals surface area contributed by atoms with Crippen LogP contribution in [0.4, 0.5) is 0 Å². The van der Waals surface area contributed by atoms with Crippen LogP contribution in [0.25, 0.3) is 5.57 Å². The molecule has 7 rings (SSSR count). The average molecular weight is 715 g/mol. The van der Waals surface area contributed by atoms with Gasteiger partial charge >= 0.3 is 0 Å². The Hall–Kier alpha value is -3.41. The van der Waals surface area contributed by atoms with Crippen LogP contribution in [0.5, 0.6) is 0 Å². The van der Waals surface area contributed by atoms with E-state index in [1.165, 1.54) is 64.4 Å². The van der Waals surface area contributed by atoms with Crippen LogP contribution in [0.15, 0.2) is 124 Å². The molecule has 1 aromatic carbocycles. The van der Waals surface area contributed by atoms with E-state index in [0.29, 0.717) is 29.7 Å². The van der Waals surface area contributed by atoms with E-state index in [-0.39, 0.29) is 22.5 Å². The van der Waals surface area contributed by atoms with Crippen molar-refractivity contribution in [2.24, 2.45) is 33.7 Å². The van der Waals surface area contributed by atoms with E-state index in [9.17, 15) is 0 Å². The van der Waals surface area contributed by atoms with E-state index in [2.05, 4.69) is 117 Å². The van der Waals surface area contributed by atoms with Gasteiger partial charge in [-0.05, 0) is 109 Å². The molecule has 0 radical (unpaired) electrons. The number of allylic oxidation sites excluding steroid dienone is 8. The fourth-order valence-electron chi connectivity index (χ4n) is 9.56. The zero-order valence-corrected chi connectivity index (χ0v) is 32.7. The van der Waals surface area contributed by atoms with Gasteiger partial charge < -0.3 is 10.6 Å². The van der Waals surface area contributed by atoms with Crippen molar-refractivity contribution >= 4 is 28.9 Å². The number of nitrogens with zero attached hydrogens (tertiary/aromatic N) is 2.